The molecule has 0 spiro atoms. The van der Waals surface area contributed by atoms with Crippen LogP contribution in [0.1, 0.15) is 6.92 Å². The third-order valence-corrected chi connectivity index (χ3v) is 0.670. The van der Waals surface area contributed by atoms with Crippen LogP contribution >= 0.6 is 11.6 Å². The average Bonchev–Trinajstić information content (AvgIpc) is 1.65. The summed E-state index contributed by atoms with van der Waals surface area (Å²) >= 11 is 5.16. The minimum Gasteiger partial charge on any atom is -0.281 e. The van der Waals surface area contributed by atoms with Gasteiger partial charge >= 0.3 is 0 Å². The molecule has 1 atom stereocenters. The highest BCUT2D eigenvalue weighted by atomic mass is 35.5. The molecule has 7 heavy (non-hydrogen) atoms. The standard InChI is InChI=1S/C4H4ClNO/c1-3(5)4(7)2-6/h3H,1H3. The molecule has 0 saturated heterocycles. The molecule has 1 unspecified atom stereocenters. The van der Waals surface area contributed by atoms with Gasteiger partial charge in [0.2, 0.25) is 5.78 Å². The number of nitrogens with zero attached hydrogens (tertiary/aromatic N) is 1. The SMILES string of the molecule is CC(Cl)C(=O)C#N. The minimum atomic E-state index is -0.662. The van der Waals surface area contributed by atoms with E-state index in [0.717, 1.165) is 0 Å². The van der Waals surface area contributed by atoms with E-state index in [1.54, 1.807) is 0 Å². The van der Waals surface area contributed by atoms with Gasteiger partial charge < -0.3 is 0 Å². The smallest absolute Gasteiger partial charge is 0.249 e. The van der Waals surface area contributed by atoms with Crippen molar-refractivity contribution < 1.29 is 4.79 Å². The van der Waals surface area contributed by atoms with Gasteiger partial charge in [0.25, 0.3) is 0 Å². The van der Waals surface area contributed by atoms with Crippen molar-refractivity contribution in [2.24, 2.45) is 0 Å². The van der Waals surface area contributed by atoms with Crippen molar-refractivity contribution in [3.63, 3.8) is 0 Å². The maximum Gasteiger partial charge on any atom is 0.249 e. The molecule has 0 aliphatic carbocycles. The molecule has 2 nitrogen and oxygen atoms in total. The lowest BCUT2D eigenvalue weighted by Gasteiger charge is -1.85. The van der Waals surface area contributed by atoms with Gasteiger partial charge in [0.15, 0.2) is 0 Å². The molecule has 0 N–H and O–H groups in total. The molecular formula is C4H4ClNO. The molecular weight excluding hydrogens is 114 g/mol. The molecule has 0 heterocycles. The van der Waals surface area contributed by atoms with Gasteiger partial charge in [-0.05, 0) is 6.92 Å². The van der Waals surface area contributed by atoms with Crippen LogP contribution in [0.4, 0.5) is 0 Å². The number of ketones is 1. The highest BCUT2D eigenvalue weighted by Gasteiger charge is 2.04. The van der Waals surface area contributed by atoms with Crippen LogP contribution in [0.2, 0.25) is 0 Å². The number of Topliss-reactive ketones (excluding diaryl/α,β-unsaturated/α-hetero) is 1. The summed E-state index contributed by atoms with van der Waals surface area (Å²) in [4.78, 5) is 10.0. The van der Waals surface area contributed by atoms with E-state index in [1.807, 2.05) is 0 Å². The zero-order valence-electron chi connectivity index (χ0n) is 3.81. The largest absolute Gasteiger partial charge is 0.281 e. The van der Waals surface area contributed by atoms with Crippen molar-refractivity contribution in [3.05, 3.63) is 0 Å². The van der Waals surface area contributed by atoms with Gasteiger partial charge in [-0.15, -0.1) is 11.6 Å². The van der Waals surface area contributed by atoms with Crippen molar-refractivity contribution >= 4 is 17.4 Å². The summed E-state index contributed by atoms with van der Waals surface area (Å²) in [5, 5.41) is 7.16. The third-order valence-electron chi connectivity index (χ3n) is 0.471. The molecule has 0 radical (unpaired) electrons. The Morgan fingerprint density at radius 2 is 2.43 bits per heavy atom. The first-order valence-electron chi connectivity index (χ1n) is 1.76. The summed E-state index contributed by atoms with van der Waals surface area (Å²) in [6, 6.07) is 1.39. The Morgan fingerprint density at radius 1 is 2.00 bits per heavy atom. The van der Waals surface area contributed by atoms with Crippen LogP contribution in [0.3, 0.4) is 0 Å². The number of alkyl halides is 1. The second kappa shape index (κ2) is 2.59. The number of carbonyl (C=O) groups is 1. The fourth-order valence-corrected chi connectivity index (χ4v) is 0.138. The topological polar surface area (TPSA) is 40.9 Å². The van der Waals surface area contributed by atoms with Crippen molar-refractivity contribution in [2.75, 3.05) is 0 Å². The molecule has 0 fully saturated rings. The Balaban J connectivity index is 3.64. The van der Waals surface area contributed by atoms with Gasteiger partial charge in [0, 0.05) is 0 Å². The number of carbonyl (C=O) groups excluding carboxylic acids is 1. The van der Waals surface area contributed by atoms with Crippen molar-refractivity contribution in [1.29, 1.82) is 5.26 Å². The lowest BCUT2D eigenvalue weighted by atomic mass is 10.3. The quantitative estimate of drug-likeness (QED) is 0.375. The van der Waals surface area contributed by atoms with Gasteiger partial charge in [0.1, 0.15) is 11.4 Å². The first kappa shape index (κ1) is 6.45. The lowest BCUT2D eigenvalue weighted by Crippen LogP contribution is -2.05. The molecule has 0 aromatic rings. The Labute approximate surface area is 46.7 Å². The third kappa shape index (κ3) is 2.18. The maximum absolute atomic E-state index is 10.0. The van der Waals surface area contributed by atoms with Crippen molar-refractivity contribution in [3.8, 4) is 6.07 Å². The van der Waals surface area contributed by atoms with Crippen LogP contribution in [0.25, 0.3) is 0 Å². The van der Waals surface area contributed by atoms with Crippen LogP contribution in [0.15, 0.2) is 0 Å². The first-order chi connectivity index (χ1) is 3.18. The predicted molar refractivity (Wildman–Crippen MR) is 25.9 cm³/mol. The van der Waals surface area contributed by atoms with E-state index in [2.05, 4.69) is 0 Å². The molecule has 0 aromatic carbocycles. The average molecular weight is 118 g/mol. The van der Waals surface area contributed by atoms with E-state index in [9.17, 15) is 4.79 Å². The van der Waals surface area contributed by atoms with E-state index >= 15 is 0 Å². The summed E-state index contributed by atoms with van der Waals surface area (Å²) in [6.07, 6.45) is 0. The monoisotopic (exact) mass is 117 g/mol. The molecule has 0 rings (SSSR count). The number of halogens is 1. The number of hydrogen-bond donors (Lipinski definition) is 0. The highest BCUT2D eigenvalue weighted by molar-refractivity contribution is 6.33. The molecule has 0 aromatic heterocycles. The lowest BCUT2D eigenvalue weighted by molar-refractivity contribution is -0.113. The first-order valence-corrected chi connectivity index (χ1v) is 2.20. The Hall–Kier alpha value is -0.550. The zero-order chi connectivity index (χ0) is 5.86. The van der Waals surface area contributed by atoms with E-state index in [1.165, 1.54) is 13.0 Å². The molecule has 0 saturated carbocycles. The molecule has 0 amide bonds. The van der Waals surface area contributed by atoms with Gasteiger partial charge in [-0.25, -0.2) is 0 Å². The Morgan fingerprint density at radius 3 is 2.43 bits per heavy atom. The highest BCUT2D eigenvalue weighted by Crippen LogP contribution is 1.91. The van der Waals surface area contributed by atoms with Gasteiger partial charge in [0.05, 0.1) is 0 Å². The van der Waals surface area contributed by atoms with Gasteiger partial charge in [-0.1, -0.05) is 0 Å². The summed E-state index contributed by atoms with van der Waals surface area (Å²) in [6.45, 7) is 1.47. The van der Waals surface area contributed by atoms with Crippen molar-refractivity contribution in [2.45, 2.75) is 12.3 Å². The number of nitriles is 1. The number of hydrogen-bond acceptors (Lipinski definition) is 2. The normalized spacial score (nSPS) is 12.1. The predicted octanol–water partition coefficient (Wildman–Crippen LogP) is 0.706. The molecule has 0 bridgehead atoms. The fourth-order valence-electron chi connectivity index (χ4n) is 0.0889. The second-order valence-electron chi connectivity index (χ2n) is 1.09. The Bertz CT molecular complexity index is 113. The molecule has 38 valence electrons. The second-order valence-corrected chi connectivity index (χ2v) is 1.75. The van der Waals surface area contributed by atoms with E-state index in [4.69, 9.17) is 16.9 Å². The van der Waals surface area contributed by atoms with E-state index < -0.39 is 11.2 Å². The molecule has 0 aliphatic heterocycles. The van der Waals surface area contributed by atoms with Crippen LogP contribution in [-0.4, -0.2) is 11.2 Å². The minimum absolute atomic E-state index is 0.582. The van der Waals surface area contributed by atoms with Crippen LogP contribution < -0.4 is 0 Å². The zero-order valence-corrected chi connectivity index (χ0v) is 4.57. The van der Waals surface area contributed by atoms with Crippen LogP contribution in [0.5, 0.6) is 0 Å². The summed E-state index contributed by atoms with van der Waals surface area (Å²) in [5.41, 5.74) is 0. The fraction of sp³-hybridized carbons (Fsp3) is 0.500. The van der Waals surface area contributed by atoms with Crippen molar-refractivity contribution in [1.82, 2.24) is 0 Å². The number of rotatable bonds is 1. The summed E-state index contributed by atoms with van der Waals surface area (Å²) < 4.78 is 0. The molecule has 3 heteroatoms. The summed E-state index contributed by atoms with van der Waals surface area (Å²) in [5.74, 6) is -0.582. The van der Waals surface area contributed by atoms with E-state index in [-0.39, 0.29) is 0 Å². The van der Waals surface area contributed by atoms with Crippen LogP contribution in [-0.2, 0) is 4.79 Å². The maximum atomic E-state index is 10.0. The van der Waals surface area contributed by atoms with Gasteiger partial charge in [-0.2, -0.15) is 5.26 Å². The summed E-state index contributed by atoms with van der Waals surface area (Å²) in [7, 11) is 0. The molecule has 0 aliphatic rings. The Kier molecular flexibility index (Phi) is 2.39. The van der Waals surface area contributed by atoms with E-state index in [0.29, 0.717) is 0 Å². The van der Waals surface area contributed by atoms with Crippen LogP contribution in [0, 0.1) is 11.3 Å². The van der Waals surface area contributed by atoms with Gasteiger partial charge in [-0.3, -0.25) is 4.79 Å².